The van der Waals surface area contributed by atoms with Crippen LogP contribution >= 0.6 is 0 Å². The third-order valence-electron chi connectivity index (χ3n) is 2.53. The lowest BCUT2D eigenvalue weighted by molar-refractivity contribution is -0.121. The molecule has 8 nitrogen and oxygen atoms in total. The molecule has 4 N–H and O–H groups in total. The normalized spacial score (nSPS) is 11.3. The van der Waals surface area contributed by atoms with Gasteiger partial charge in [0.05, 0.1) is 6.10 Å². The van der Waals surface area contributed by atoms with Crippen molar-refractivity contribution in [2.75, 3.05) is 17.2 Å². The van der Waals surface area contributed by atoms with Crippen LogP contribution in [-0.4, -0.2) is 39.0 Å². The van der Waals surface area contributed by atoms with Gasteiger partial charge in [-0.15, -0.1) is 0 Å². The van der Waals surface area contributed by atoms with Gasteiger partial charge in [-0.05, 0) is 34.1 Å². The molecule has 0 radical (unpaired) electrons. The van der Waals surface area contributed by atoms with E-state index in [1.807, 2.05) is 20.8 Å². The number of carbonyl (C=O) groups excluding carboxylic acids is 1. The van der Waals surface area contributed by atoms with E-state index in [9.17, 15) is 4.79 Å². The predicted molar refractivity (Wildman–Crippen MR) is 81.3 cm³/mol. The van der Waals surface area contributed by atoms with E-state index in [0.29, 0.717) is 5.95 Å². The van der Waals surface area contributed by atoms with Crippen molar-refractivity contribution in [3.8, 4) is 6.01 Å². The zero-order chi connectivity index (χ0) is 16.0. The predicted octanol–water partition coefficient (Wildman–Crippen LogP) is 1.16. The highest BCUT2D eigenvalue weighted by molar-refractivity contribution is 5.86. The molecule has 0 aliphatic carbocycles. The Morgan fingerprint density at radius 3 is 2.43 bits per heavy atom. The Hall–Kier alpha value is -2.12. The number of nitrogens with one attached hydrogen (secondary N) is 2. The van der Waals surface area contributed by atoms with Gasteiger partial charge in [-0.1, -0.05) is 6.92 Å². The van der Waals surface area contributed by atoms with Crippen LogP contribution in [0.25, 0.3) is 0 Å². The van der Waals surface area contributed by atoms with Gasteiger partial charge >= 0.3 is 6.01 Å². The minimum absolute atomic E-state index is 0.0663. The highest BCUT2D eigenvalue weighted by atomic mass is 16.5. The van der Waals surface area contributed by atoms with Gasteiger partial charge in [-0.2, -0.15) is 15.0 Å². The van der Waals surface area contributed by atoms with E-state index in [1.165, 1.54) is 0 Å². The number of primary amides is 1. The van der Waals surface area contributed by atoms with Crippen molar-refractivity contribution in [1.82, 2.24) is 15.0 Å². The van der Waals surface area contributed by atoms with Crippen molar-refractivity contribution in [2.24, 2.45) is 5.73 Å². The number of amides is 1. The van der Waals surface area contributed by atoms with Crippen LogP contribution in [0, 0.1) is 0 Å². The quantitative estimate of drug-likeness (QED) is 0.659. The fourth-order valence-electron chi connectivity index (χ4n) is 1.33. The van der Waals surface area contributed by atoms with Gasteiger partial charge in [0.2, 0.25) is 17.8 Å². The summed E-state index contributed by atoms with van der Waals surface area (Å²) in [7, 11) is 0. The molecule has 0 bridgehead atoms. The van der Waals surface area contributed by atoms with E-state index < -0.39 is 11.4 Å². The Morgan fingerprint density at radius 2 is 1.90 bits per heavy atom. The lowest BCUT2D eigenvalue weighted by Crippen LogP contribution is -2.45. The molecule has 8 heteroatoms. The summed E-state index contributed by atoms with van der Waals surface area (Å²) in [5, 5.41) is 5.96. The van der Waals surface area contributed by atoms with Crippen molar-refractivity contribution in [3.05, 3.63) is 0 Å². The lowest BCUT2D eigenvalue weighted by atomic mass is 10.1. The molecule has 21 heavy (non-hydrogen) atoms. The summed E-state index contributed by atoms with van der Waals surface area (Å²) in [6.07, 6.45) is 0.866. The molecule has 1 rings (SSSR count). The first-order valence-corrected chi connectivity index (χ1v) is 6.99. The maximum absolute atomic E-state index is 11.4. The van der Waals surface area contributed by atoms with Gasteiger partial charge in [0.15, 0.2) is 0 Å². The molecule has 0 aliphatic heterocycles. The zero-order valence-corrected chi connectivity index (χ0v) is 13.2. The minimum atomic E-state index is -0.974. The summed E-state index contributed by atoms with van der Waals surface area (Å²) in [5.41, 5.74) is 4.36. The van der Waals surface area contributed by atoms with Crippen LogP contribution in [0.5, 0.6) is 6.01 Å². The highest BCUT2D eigenvalue weighted by Crippen LogP contribution is 2.16. The Labute approximate surface area is 124 Å². The van der Waals surface area contributed by atoms with Crippen LogP contribution < -0.4 is 21.1 Å². The van der Waals surface area contributed by atoms with Crippen LogP contribution in [0.15, 0.2) is 0 Å². The molecule has 1 heterocycles. The molecule has 118 valence electrons. The van der Waals surface area contributed by atoms with Gasteiger partial charge in [0.1, 0.15) is 5.54 Å². The van der Waals surface area contributed by atoms with Gasteiger partial charge in [-0.25, -0.2) is 0 Å². The minimum Gasteiger partial charge on any atom is -0.461 e. The summed E-state index contributed by atoms with van der Waals surface area (Å²) in [5.74, 6) is 0.130. The number of rotatable bonds is 8. The average molecular weight is 296 g/mol. The summed E-state index contributed by atoms with van der Waals surface area (Å²) >= 11 is 0. The number of carbonyl (C=O) groups is 1. The smallest absolute Gasteiger partial charge is 0.323 e. The Morgan fingerprint density at radius 1 is 1.29 bits per heavy atom. The first kappa shape index (κ1) is 16.9. The number of hydrogen-bond donors (Lipinski definition) is 3. The van der Waals surface area contributed by atoms with Crippen molar-refractivity contribution in [2.45, 2.75) is 52.7 Å². The van der Waals surface area contributed by atoms with Crippen molar-refractivity contribution in [3.63, 3.8) is 0 Å². The van der Waals surface area contributed by atoms with E-state index in [1.54, 1.807) is 13.8 Å². The zero-order valence-electron chi connectivity index (χ0n) is 13.2. The third kappa shape index (κ3) is 5.41. The van der Waals surface area contributed by atoms with Crippen LogP contribution in [-0.2, 0) is 4.79 Å². The molecular formula is C13H24N6O2. The Balaban J connectivity index is 3.03. The fraction of sp³-hybridized carbons (Fsp3) is 0.692. The molecule has 0 saturated heterocycles. The van der Waals surface area contributed by atoms with Gasteiger partial charge in [0, 0.05) is 6.54 Å². The van der Waals surface area contributed by atoms with Crippen molar-refractivity contribution in [1.29, 1.82) is 0 Å². The van der Waals surface area contributed by atoms with Gasteiger partial charge in [-0.3, -0.25) is 4.79 Å². The molecule has 0 aromatic carbocycles. The van der Waals surface area contributed by atoms with Gasteiger partial charge < -0.3 is 21.1 Å². The van der Waals surface area contributed by atoms with E-state index in [-0.39, 0.29) is 18.1 Å². The second-order valence-electron chi connectivity index (χ2n) is 5.47. The maximum atomic E-state index is 11.4. The monoisotopic (exact) mass is 296 g/mol. The SMILES string of the molecule is CCCNc1nc(NC(C)(C)C(N)=O)nc(OC(C)C)n1. The van der Waals surface area contributed by atoms with Crippen LogP contribution in [0.2, 0.25) is 0 Å². The van der Waals surface area contributed by atoms with Crippen molar-refractivity contribution < 1.29 is 9.53 Å². The third-order valence-corrected chi connectivity index (χ3v) is 2.53. The molecule has 0 saturated carbocycles. The molecule has 0 aliphatic rings. The fourth-order valence-corrected chi connectivity index (χ4v) is 1.33. The summed E-state index contributed by atoms with van der Waals surface area (Å²) in [6.45, 7) is 9.83. The number of nitrogens with zero attached hydrogens (tertiary/aromatic N) is 3. The number of hydrogen-bond acceptors (Lipinski definition) is 7. The summed E-state index contributed by atoms with van der Waals surface area (Å²) < 4.78 is 5.49. The molecule has 0 unspecified atom stereocenters. The molecule has 0 fully saturated rings. The van der Waals surface area contributed by atoms with E-state index in [2.05, 4.69) is 25.6 Å². The maximum Gasteiger partial charge on any atom is 0.323 e. The summed E-state index contributed by atoms with van der Waals surface area (Å²) in [4.78, 5) is 23.9. The Kier molecular flexibility index (Phi) is 5.69. The molecular weight excluding hydrogens is 272 g/mol. The number of ether oxygens (including phenoxy) is 1. The van der Waals surface area contributed by atoms with Crippen LogP contribution in [0.3, 0.4) is 0 Å². The standard InChI is InChI=1S/C13H24N6O2/c1-6-7-15-10-16-11(19-13(4,5)9(14)20)18-12(17-10)21-8(2)3/h8H,6-7H2,1-5H3,(H2,14,20)(H2,15,16,17,18,19). The first-order chi connectivity index (χ1) is 9.74. The molecule has 1 aromatic rings. The summed E-state index contributed by atoms with van der Waals surface area (Å²) in [6, 6.07) is 0.196. The lowest BCUT2D eigenvalue weighted by Gasteiger charge is -2.22. The van der Waals surface area contributed by atoms with E-state index in [4.69, 9.17) is 10.5 Å². The Bertz CT molecular complexity index is 490. The second kappa shape index (κ2) is 7.05. The van der Waals surface area contributed by atoms with Crippen molar-refractivity contribution >= 4 is 17.8 Å². The molecule has 0 spiro atoms. The topological polar surface area (TPSA) is 115 Å². The second-order valence-corrected chi connectivity index (χ2v) is 5.47. The highest BCUT2D eigenvalue weighted by Gasteiger charge is 2.26. The number of aromatic nitrogens is 3. The molecule has 0 atom stereocenters. The first-order valence-electron chi connectivity index (χ1n) is 6.99. The number of anilines is 2. The van der Waals surface area contributed by atoms with Crippen LogP contribution in [0.4, 0.5) is 11.9 Å². The largest absolute Gasteiger partial charge is 0.461 e. The average Bonchev–Trinajstić information content (AvgIpc) is 2.34. The molecule has 1 aromatic heterocycles. The number of nitrogens with two attached hydrogens (primary N) is 1. The van der Waals surface area contributed by atoms with Crippen LogP contribution in [0.1, 0.15) is 41.0 Å². The molecule has 1 amide bonds. The van der Waals surface area contributed by atoms with E-state index >= 15 is 0 Å². The van der Waals surface area contributed by atoms with Gasteiger partial charge in [0.25, 0.3) is 0 Å². The van der Waals surface area contributed by atoms with E-state index in [0.717, 1.165) is 13.0 Å².